The van der Waals surface area contributed by atoms with Gasteiger partial charge in [0.15, 0.2) is 0 Å². The SMILES string of the molecule is COC(=O)CCc1ccc(C)cc1[N+](=O)[O-]. The summed E-state index contributed by atoms with van der Waals surface area (Å²) < 4.78 is 4.49. The zero-order valence-corrected chi connectivity index (χ0v) is 9.23. The molecule has 0 saturated carbocycles. The third-order valence-corrected chi connectivity index (χ3v) is 2.26. The second-order valence-corrected chi connectivity index (χ2v) is 3.47. The first-order valence-electron chi connectivity index (χ1n) is 4.85. The minimum Gasteiger partial charge on any atom is -0.469 e. The standard InChI is InChI=1S/C11H13NO4/c1-8-3-4-9(5-6-11(13)16-2)10(7-8)12(14)15/h3-4,7H,5-6H2,1-2H3. The van der Waals surface area contributed by atoms with Crippen molar-refractivity contribution >= 4 is 11.7 Å². The van der Waals surface area contributed by atoms with Crippen LogP contribution >= 0.6 is 0 Å². The van der Waals surface area contributed by atoms with E-state index >= 15 is 0 Å². The summed E-state index contributed by atoms with van der Waals surface area (Å²) in [6.45, 7) is 1.79. The molecule has 0 heterocycles. The Hall–Kier alpha value is -1.91. The summed E-state index contributed by atoms with van der Waals surface area (Å²) in [5.41, 5.74) is 1.44. The molecule has 1 aromatic carbocycles. The van der Waals surface area contributed by atoms with E-state index in [0.717, 1.165) is 5.56 Å². The number of hydrogen-bond acceptors (Lipinski definition) is 4. The van der Waals surface area contributed by atoms with Crippen LogP contribution in [0.2, 0.25) is 0 Å². The second-order valence-electron chi connectivity index (χ2n) is 3.47. The maximum atomic E-state index is 10.9. The number of benzene rings is 1. The lowest BCUT2D eigenvalue weighted by molar-refractivity contribution is -0.385. The fourth-order valence-electron chi connectivity index (χ4n) is 1.39. The third kappa shape index (κ3) is 3.05. The highest BCUT2D eigenvalue weighted by Crippen LogP contribution is 2.21. The van der Waals surface area contributed by atoms with Crippen LogP contribution in [0.3, 0.4) is 0 Å². The van der Waals surface area contributed by atoms with Crippen LogP contribution in [0.4, 0.5) is 5.69 Å². The Morgan fingerprint density at radius 2 is 2.19 bits per heavy atom. The van der Waals surface area contributed by atoms with Gasteiger partial charge in [-0.05, 0) is 18.9 Å². The summed E-state index contributed by atoms with van der Waals surface area (Å²) in [7, 11) is 1.30. The van der Waals surface area contributed by atoms with Crippen LogP contribution in [0.15, 0.2) is 18.2 Å². The first-order valence-corrected chi connectivity index (χ1v) is 4.85. The van der Waals surface area contributed by atoms with Gasteiger partial charge in [0.25, 0.3) is 5.69 Å². The Morgan fingerprint density at radius 3 is 2.75 bits per heavy atom. The van der Waals surface area contributed by atoms with E-state index in [1.165, 1.54) is 13.2 Å². The van der Waals surface area contributed by atoms with Crippen molar-refractivity contribution in [2.45, 2.75) is 19.8 Å². The highest BCUT2D eigenvalue weighted by molar-refractivity contribution is 5.69. The number of carbonyl (C=O) groups excluding carboxylic acids is 1. The van der Waals surface area contributed by atoms with Crippen molar-refractivity contribution in [3.05, 3.63) is 39.4 Å². The van der Waals surface area contributed by atoms with E-state index in [4.69, 9.17) is 0 Å². The molecule has 0 N–H and O–H groups in total. The van der Waals surface area contributed by atoms with Crippen molar-refractivity contribution in [3.63, 3.8) is 0 Å². The summed E-state index contributed by atoms with van der Waals surface area (Å²) in [5.74, 6) is -0.366. The molecule has 0 atom stereocenters. The molecule has 0 bridgehead atoms. The van der Waals surface area contributed by atoms with Crippen LogP contribution in [0, 0.1) is 17.0 Å². The van der Waals surface area contributed by atoms with Crippen molar-refractivity contribution in [3.8, 4) is 0 Å². The summed E-state index contributed by atoms with van der Waals surface area (Å²) in [5, 5.41) is 10.8. The highest BCUT2D eigenvalue weighted by Gasteiger charge is 2.14. The maximum Gasteiger partial charge on any atom is 0.305 e. The van der Waals surface area contributed by atoms with Gasteiger partial charge in [0.05, 0.1) is 12.0 Å². The van der Waals surface area contributed by atoms with Crippen LogP contribution in [0.5, 0.6) is 0 Å². The Bertz CT molecular complexity index is 414. The van der Waals surface area contributed by atoms with Crippen LogP contribution in [-0.4, -0.2) is 18.0 Å². The van der Waals surface area contributed by atoms with Crippen molar-refractivity contribution in [2.24, 2.45) is 0 Å². The highest BCUT2D eigenvalue weighted by atomic mass is 16.6. The quantitative estimate of drug-likeness (QED) is 0.444. The number of hydrogen-bond donors (Lipinski definition) is 0. The predicted molar refractivity (Wildman–Crippen MR) is 58.2 cm³/mol. The van der Waals surface area contributed by atoms with Crippen LogP contribution in [-0.2, 0) is 16.0 Å². The van der Waals surface area contributed by atoms with E-state index in [1.807, 2.05) is 0 Å². The van der Waals surface area contributed by atoms with Crippen LogP contribution < -0.4 is 0 Å². The Labute approximate surface area is 93.2 Å². The number of ether oxygens (including phenoxy) is 1. The lowest BCUT2D eigenvalue weighted by Crippen LogP contribution is -2.03. The van der Waals surface area contributed by atoms with Gasteiger partial charge < -0.3 is 4.74 Å². The molecule has 1 aromatic rings. The van der Waals surface area contributed by atoms with Crippen molar-refractivity contribution in [2.75, 3.05) is 7.11 Å². The molecule has 0 aliphatic carbocycles. The number of rotatable bonds is 4. The first-order chi connectivity index (χ1) is 7.54. The van der Waals surface area contributed by atoms with Gasteiger partial charge in [-0.15, -0.1) is 0 Å². The minimum atomic E-state index is -0.431. The first kappa shape index (κ1) is 12.2. The lowest BCUT2D eigenvalue weighted by atomic mass is 10.1. The van der Waals surface area contributed by atoms with Gasteiger partial charge in [0.1, 0.15) is 0 Å². The maximum absolute atomic E-state index is 10.9. The molecule has 5 heteroatoms. The van der Waals surface area contributed by atoms with Gasteiger partial charge >= 0.3 is 5.97 Å². The van der Waals surface area contributed by atoms with E-state index in [-0.39, 0.29) is 18.1 Å². The number of nitro benzene ring substituents is 1. The molecule has 0 spiro atoms. The van der Waals surface area contributed by atoms with Crippen molar-refractivity contribution in [1.29, 1.82) is 0 Å². The number of esters is 1. The normalized spacial score (nSPS) is 9.88. The molecule has 86 valence electrons. The number of nitrogens with zero attached hydrogens (tertiary/aromatic N) is 1. The molecule has 0 aliphatic heterocycles. The Morgan fingerprint density at radius 1 is 1.50 bits per heavy atom. The Kier molecular flexibility index (Phi) is 3.99. The van der Waals surface area contributed by atoms with Crippen LogP contribution in [0.1, 0.15) is 17.5 Å². The van der Waals surface area contributed by atoms with Gasteiger partial charge in [-0.2, -0.15) is 0 Å². The molecule has 5 nitrogen and oxygen atoms in total. The summed E-state index contributed by atoms with van der Waals surface area (Å²) in [4.78, 5) is 21.3. The molecule has 0 aromatic heterocycles. The molecule has 0 saturated heterocycles. The van der Waals surface area contributed by atoms with Crippen LogP contribution in [0.25, 0.3) is 0 Å². The summed E-state index contributed by atoms with van der Waals surface area (Å²) in [6.07, 6.45) is 0.476. The van der Waals surface area contributed by atoms with Crippen molar-refractivity contribution in [1.82, 2.24) is 0 Å². The van der Waals surface area contributed by atoms with E-state index in [0.29, 0.717) is 12.0 Å². The van der Waals surface area contributed by atoms with E-state index in [1.54, 1.807) is 19.1 Å². The fraction of sp³-hybridized carbons (Fsp3) is 0.364. The predicted octanol–water partition coefficient (Wildman–Crippen LogP) is 2.01. The molecule has 1 rings (SSSR count). The van der Waals surface area contributed by atoms with E-state index < -0.39 is 4.92 Å². The third-order valence-electron chi connectivity index (χ3n) is 2.26. The monoisotopic (exact) mass is 223 g/mol. The zero-order valence-electron chi connectivity index (χ0n) is 9.23. The number of carbonyl (C=O) groups is 1. The molecule has 16 heavy (non-hydrogen) atoms. The Balaban J connectivity index is 2.87. The molecular weight excluding hydrogens is 210 g/mol. The van der Waals surface area contributed by atoms with Gasteiger partial charge in [0.2, 0.25) is 0 Å². The minimum absolute atomic E-state index is 0.0592. The largest absolute Gasteiger partial charge is 0.469 e. The molecule has 0 aliphatic rings. The summed E-state index contributed by atoms with van der Waals surface area (Å²) in [6, 6.07) is 4.97. The fourth-order valence-corrected chi connectivity index (χ4v) is 1.39. The van der Waals surface area contributed by atoms with Crippen molar-refractivity contribution < 1.29 is 14.5 Å². The van der Waals surface area contributed by atoms with Gasteiger partial charge in [-0.3, -0.25) is 14.9 Å². The average Bonchev–Trinajstić information content (AvgIpc) is 2.26. The zero-order chi connectivity index (χ0) is 12.1. The molecular formula is C11H13NO4. The van der Waals surface area contributed by atoms with Gasteiger partial charge in [0, 0.05) is 18.1 Å². The smallest absolute Gasteiger partial charge is 0.305 e. The topological polar surface area (TPSA) is 69.4 Å². The number of nitro groups is 1. The van der Waals surface area contributed by atoms with E-state index in [2.05, 4.69) is 4.74 Å². The molecule has 0 unspecified atom stereocenters. The lowest BCUT2D eigenvalue weighted by Gasteiger charge is -2.03. The molecule has 0 radical (unpaired) electrons. The second kappa shape index (κ2) is 5.25. The number of aryl methyl sites for hydroxylation is 2. The molecule has 0 amide bonds. The van der Waals surface area contributed by atoms with E-state index in [9.17, 15) is 14.9 Å². The number of methoxy groups -OCH3 is 1. The van der Waals surface area contributed by atoms with Gasteiger partial charge in [-0.1, -0.05) is 12.1 Å². The average molecular weight is 223 g/mol. The van der Waals surface area contributed by atoms with Gasteiger partial charge in [-0.25, -0.2) is 0 Å². The molecule has 0 fully saturated rings. The summed E-state index contributed by atoms with van der Waals surface area (Å²) >= 11 is 0.